The number of aliphatic hydroxyl groups is 8. The van der Waals surface area contributed by atoms with Gasteiger partial charge in [0, 0.05) is 30.1 Å². The first-order valence-electron chi connectivity index (χ1n) is 19.0. The number of benzene rings is 1. The third-order valence-corrected chi connectivity index (χ3v) is 9.97. The molecule has 2 aromatic rings. The molecule has 1 unspecified atom stereocenters. The molecule has 4 rings (SSSR count). The van der Waals surface area contributed by atoms with E-state index < -0.39 is 74.6 Å². The lowest BCUT2D eigenvalue weighted by atomic mass is 9.98. The number of hydrogen-bond acceptors (Lipinski definition) is 13. The third-order valence-electron chi connectivity index (χ3n) is 9.97. The predicted octanol–water partition coefficient (Wildman–Crippen LogP) is 1.06. The van der Waals surface area contributed by atoms with Crippen LogP contribution in [0.25, 0.3) is 10.9 Å². The molecule has 15 nitrogen and oxygen atoms in total. The first kappa shape index (κ1) is 43.1. The molecule has 1 aromatic heterocycles. The van der Waals surface area contributed by atoms with Gasteiger partial charge in [0.05, 0.1) is 19.3 Å². The van der Waals surface area contributed by atoms with Gasteiger partial charge in [0.15, 0.2) is 6.29 Å². The Morgan fingerprint density at radius 3 is 2.26 bits per heavy atom. The van der Waals surface area contributed by atoms with Gasteiger partial charge in [-0.3, -0.25) is 4.79 Å². The number of ether oxygens (including phenoxy) is 4. The molecule has 2 aliphatic heterocycles. The van der Waals surface area contributed by atoms with Gasteiger partial charge in [-0.05, 0) is 75.1 Å². The number of unbranched alkanes of at least 4 members (excludes halogenated alkanes) is 6. The summed E-state index contributed by atoms with van der Waals surface area (Å²) in [5, 5.41) is 84.8. The first-order valence-corrected chi connectivity index (χ1v) is 19.0. The molecule has 0 spiro atoms. The average Bonchev–Trinajstić information content (AvgIpc) is 3.56. The normalized spacial score (nSPS) is 29.8. The molecule has 300 valence electrons. The molecule has 0 saturated carbocycles. The van der Waals surface area contributed by atoms with Gasteiger partial charge in [0.2, 0.25) is 12.2 Å². The van der Waals surface area contributed by atoms with Crippen molar-refractivity contribution in [2.75, 3.05) is 19.8 Å². The average molecular weight is 753 g/mol. The maximum Gasteiger partial charge on any atom is 0.229 e. The lowest BCUT2D eigenvalue weighted by Gasteiger charge is -2.42. The zero-order chi connectivity index (χ0) is 38.3. The standard InChI is InChI=1S/C38H60N2O13/c1-2-24(42)13-11-9-7-5-3-4-6-8-10-12-14-30(43)39-18-17-23-20-40-27-16-15-25(19-26(23)27)51-38-36(49)34(47)32(45)29(53-38)22-50-37-35(48)33(46)31(44)28(21-41)52-37/h5,7,15-16,19-20,24,28-29,31-38,40-42,44-49H,2-4,6,8-14,17-18,21-22H2,1H3,(H,39,43)/b7-5-/t24?,28-,29-,31-,32-,33+,34+,35-,36-,37+,38+/m1/s1. The summed E-state index contributed by atoms with van der Waals surface area (Å²) in [7, 11) is 0. The van der Waals surface area contributed by atoms with E-state index in [4.69, 9.17) is 18.9 Å². The molecule has 2 fully saturated rings. The van der Waals surface area contributed by atoms with E-state index in [1.807, 2.05) is 13.1 Å². The monoisotopic (exact) mass is 752 g/mol. The number of aromatic amines is 1. The van der Waals surface area contributed by atoms with Crippen molar-refractivity contribution in [3.8, 4) is 5.75 Å². The minimum atomic E-state index is -1.68. The quantitative estimate of drug-likeness (QED) is 0.0599. The van der Waals surface area contributed by atoms with Crippen molar-refractivity contribution < 1.29 is 64.6 Å². The number of H-pyrrole nitrogens is 1. The molecule has 10 N–H and O–H groups in total. The zero-order valence-electron chi connectivity index (χ0n) is 30.5. The molecular formula is C38H60N2O13. The number of nitrogens with one attached hydrogen (secondary N) is 2. The maximum atomic E-state index is 12.4. The Labute approximate surface area is 310 Å². The molecule has 1 amide bonds. The Bertz CT molecular complexity index is 1390. The van der Waals surface area contributed by atoms with E-state index in [0.717, 1.165) is 80.7 Å². The molecule has 2 saturated heterocycles. The third kappa shape index (κ3) is 12.7. The van der Waals surface area contributed by atoms with Crippen molar-refractivity contribution in [1.29, 1.82) is 0 Å². The Balaban J connectivity index is 1.17. The number of aromatic nitrogens is 1. The lowest BCUT2D eigenvalue weighted by Crippen LogP contribution is -2.62. The number of carbonyl (C=O) groups excluding carboxylic acids is 1. The van der Waals surface area contributed by atoms with Gasteiger partial charge in [-0.25, -0.2) is 0 Å². The van der Waals surface area contributed by atoms with Crippen molar-refractivity contribution in [2.45, 2.75) is 151 Å². The van der Waals surface area contributed by atoms with Gasteiger partial charge >= 0.3 is 0 Å². The maximum absolute atomic E-state index is 12.4. The van der Waals surface area contributed by atoms with E-state index in [9.17, 15) is 45.6 Å². The summed E-state index contributed by atoms with van der Waals surface area (Å²) in [6, 6.07) is 5.17. The second-order valence-electron chi connectivity index (χ2n) is 14.1. The van der Waals surface area contributed by atoms with Crippen LogP contribution in [0, 0.1) is 0 Å². The second kappa shape index (κ2) is 22.0. The SMILES string of the molecule is CCC(O)CCC/C=C\CCCCCCCC(=O)NCCc1c[nH]c2ccc(O[C@H]3O[C@H](CO[C@H]4O[C@H](CO)[C@@H](O)[C@H](O)[C@H]4O)[C@@H](O)[C@H](O)[C@H]3O)cc12. The van der Waals surface area contributed by atoms with E-state index in [1.54, 1.807) is 18.2 Å². The highest BCUT2D eigenvalue weighted by atomic mass is 16.7. The van der Waals surface area contributed by atoms with Crippen LogP contribution in [0.4, 0.5) is 0 Å². The number of allylic oxidation sites excluding steroid dienone is 2. The Kier molecular flexibility index (Phi) is 17.9. The van der Waals surface area contributed by atoms with Gasteiger partial charge in [-0.1, -0.05) is 38.3 Å². The van der Waals surface area contributed by atoms with Crippen LogP contribution in [0.5, 0.6) is 5.75 Å². The Morgan fingerprint density at radius 2 is 1.53 bits per heavy atom. The lowest BCUT2D eigenvalue weighted by molar-refractivity contribution is -0.323. The minimum Gasteiger partial charge on any atom is -0.462 e. The van der Waals surface area contributed by atoms with E-state index in [1.165, 1.54) is 0 Å². The molecule has 3 heterocycles. The smallest absolute Gasteiger partial charge is 0.229 e. The van der Waals surface area contributed by atoms with Gasteiger partial charge < -0.3 is 70.1 Å². The van der Waals surface area contributed by atoms with E-state index in [-0.39, 0.29) is 12.0 Å². The Hall–Kier alpha value is -2.67. The summed E-state index contributed by atoms with van der Waals surface area (Å²) in [4.78, 5) is 15.6. The van der Waals surface area contributed by atoms with Crippen molar-refractivity contribution in [2.24, 2.45) is 0 Å². The van der Waals surface area contributed by atoms with Crippen molar-refractivity contribution in [1.82, 2.24) is 10.3 Å². The number of fused-ring (bicyclic) bond motifs is 1. The summed E-state index contributed by atoms with van der Waals surface area (Å²) >= 11 is 0. The number of hydrogen-bond donors (Lipinski definition) is 10. The van der Waals surface area contributed by atoms with Gasteiger partial charge in [-0.2, -0.15) is 0 Å². The zero-order valence-corrected chi connectivity index (χ0v) is 30.5. The summed E-state index contributed by atoms with van der Waals surface area (Å²) < 4.78 is 22.5. The number of rotatable bonds is 22. The van der Waals surface area contributed by atoms with Crippen LogP contribution in [-0.4, -0.2) is 139 Å². The molecule has 0 radical (unpaired) electrons. The number of aliphatic hydroxyl groups excluding tert-OH is 8. The summed E-state index contributed by atoms with van der Waals surface area (Å²) in [6.07, 6.45) is 1.98. The molecule has 0 aliphatic carbocycles. The molecular weight excluding hydrogens is 692 g/mol. The van der Waals surface area contributed by atoms with Crippen molar-refractivity contribution >= 4 is 16.8 Å². The molecule has 53 heavy (non-hydrogen) atoms. The number of amides is 1. The van der Waals surface area contributed by atoms with Crippen molar-refractivity contribution in [3.05, 3.63) is 42.1 Å². The molecule has 2 aliphatic rings. The minimum absolute atomic E-state index is 0.0132. The van der Waals surface area contributed by atoms with Crippen LogP contribution in [0.1, 0.15) is 83.1 Å². The first-order chi connectivity index (χ1) is 25.5. The largest absolute Gasteiger partial charge is 0.462 e. The molecule has 0 bridgehead atoms. The van der Waals surface area contributed by atoms with E-state index in [2.05, 4.69) is 22.5 Å². The summed E-state index contributed by atoms with van der Waals surface area (Å²) in [5.74, 6) is 0.321. The van der Waals surface area contributed by atoms with Gasteiger partial charge in [0.1, 0.15) is 54.6 Å². The predicted molar refractivity (Wildman–Crippen MR) is 194 cm³/mol. The van der Waals surface area contributed by atoms with Crippen molar-refractivity contribution in [3.63, 3.8) is 0 Å². The fourth-order valence-electron chi connectivity index (χ4n) is 6.53. The van der Waals surface area contributed by atoms with Crippen LogP contribution >= 0.6 is 0 Å². The molecule has 11 atom stereocenters. The second-order valence-corrected chi connectivity index (χ2v) is 14.1. The fraction of sp³-hybridized carbons (Fsp3) is 0.711. The van der Waals surface area contributed by atoms with Crippen LogP contribution in [0.3, 0.4) is 0 Å². The number of carbonyl (C=O) groups is 1. The van der Waals surface area contributed by atoms with Crippen LogP contribution in [-0.2, 0) is 25.4 Å². The van der Waals surface area contributed by atoms with Crippen LogP contribution in [0.2, 0.25) is 0 Å². The summed E-state index contributed by atoms with van der Waals surface area (Å²) in [6.45, 7) is 1.33. The van der Waals surface area contributed by atoms with Crippen LogP contribution < -0.4 is 10.1 Å². The van der Waals surface area contributed by atoms with Gasteiger partial charge in [-0.15, -0.1) is 0 Å². The highest BCUT2D eigenvalue weighted by Crippen LogP contribution is 2.29. The van der Waals surface area contributed by atoms with Crippen LogP contribution in [0.15, 0.2) is 36.5 Å². The highest BCUT2D eigenvalue weighted by Gasteiger charge is 2.48. The van der Waals surface area contributed by atoms with E-state index in [0.29, 0.717) is 25.1 Å². The topological polar surface area (TPSA) is 244 Å². The molecule has 15 heteroatoms. The molecule has 1 aromatic carbocycles. The highest BCUT2D eigenvalue weighted by molar-refractivity contribution is 5.84. The van der Waals surface area contributed by atoms with Gasteiger partial charge in [0.25, 0.3) is 0 Å². The van der Waals surface area contributed by atoms with E-state index >= 15 is 0 Å². The Morgan fingerprint density at radius 1 is 0.868 bits per heavy atom. The summed E-state index contributed by atoms with van der Waals surface area (Å²) in [5.41, 5.74) is 1.76. The fourth-order valence-corrected chi connectivity index (χ4v) is 6.53.